The summed E-state index contributed by atoms with van der Waals surface area (Å²) >= 11 is 1.43. The predicted molar refractivity (Wildman–Crippen MR) is 118 cm³/mol. The minimum absolute atomic E-state index is 0.0265. The topological polar surface area (TPSA) is 69.5 Å². The van der Waals surface area contributed by atoms with Gasteiger partial charge in [-0.05, 0) is 49.7 Å². The van der Waals surface area contributed by atoms with Gasteiger partial charge in [-0.15, -0.1) is 10.2 Å². The summed E-state index contributed by atoms with van der Waals surface area (Å²) < 4.78 is 12.9. The van der Waals surface area contributed by atoms with E-state index in [4.69, 9.17) is 9.47 Å². The zero-order chi connectivity index (χ0) is 21.0. The predicted octanol–water partition coefficient (Wildman–Crippen LogP) is 3.63. The average molecular weight is 437 g/mol. The summed E-state index contributed by atoms with van der Waals surface area (Å²) in [5, 5.41) is 9.68. The first-order chi connectivity index (χ1) is 15.3. The molecule has 8 heteroatoms. The smallest absolute Gasteiger partial charge is 0.231 e. The van der Waals surface area contributed by atoms with Crippen LogP contribution in [0.5, 0.6) is 11.5 Å². The third-order valence-electron chi connectivity index (χ3n) is 5.57. The third-order valence-corrected chi connectivity index (χ3v) is 6.53. The minimum Gasteiger partial charge on any atom is -0.454 e. The molecule has 31 heavy (non-hydrogen) atoms. The Balaban J connectivity index is 1.32. The summed E-state index contributed by atoms with van der Waals surface area (Å²) in [5.41, 5.74) is 1.80. The van der Waals surface area contributed by atoms with Crippen molar-refractivity contribution in [2.75, 3.05) is 25.6 Å². The quantitative estimate of drug-likeness (QED) is 0.395. The lowest BCUT2D eigenvalue weighted by Gasteiger charge is -2.16. The maximum Gasteiger partial charge on any atom is 0.231 e. The van der Waals surface area contributed by atoms with Gasteiger partial charge < -0.3 is 14.0 Å². The van der Waals surface area contributed by atoms with Gasteiger partial charge in [0.2, 0.25) is 6.79 Å². The molecule has 160 valence electrons. The largest absolute Gasteiger partial charge is 0.454 e. The number of carbonyl (C=O) groups excluding carboxylic acids is 1. The second-order valence-corrected chi connectivity index (χ2v) is 8.68. The Kier molecular flexibility index (Phi) is 5.90. The molecule has 0 spiro atoms. The molecule has 0 radical (unpaired) electrons. The molecular weight excluding hydrogens is 412 g/mol. The Morgan fingerprint density at radius 1 is 0.968 bits per heavy atom. The second-order valence-electron chi connectivity index (χ2n) is 7.73. The van der Waals surface area contributed by atoms with Crippen molar-refractivity contribution in [2.24, 2.45) is 0 Å². The Morgan fingerprint density at radius 3 is 2.61 bits per heavy atom. The summed E-state index contributed by atoms with van der Waals surface area (Å²) in [6.45, 7) is 3.88. The van der Waals surface area contributed by atoms with Crippen LogP contribution in [0.4, 0.5) is 0 Å². The molecule has 3 heterocycles. The molecule has 0 bridgehead atoms. The number of rotatable bonds is 8. The van der Waals surface area contributed by atoms with Crippen LogP contribution < -0.4 is 9.47 Å². The number of nitrogens with zero attached hydrogens (tertiary/aromatic N) is 4. The highest BCUT2D eigenvalue weighted by Crippen LogP contribution is 2.33. The van der Waals surface area contributed by atoms with Crippen LogP contribution in [0.1, 0.15) is 34.6 Å². The van der Waals surface area contributed by atoms with E-state index in [2.05, 4.69) is 31.8 Å². The van der Waals surface area contributed by atoms with E-state index in [1.165, 1.54) is 30.2 Å². The second kappa shape index (κ2) is 9.11. The molecule has 1 aromatic heterocycles. The van der Waals surface area contributed by atoms with Crippen molar-refractivity contribution in [1.29, 1.82) is 0 Å². The number of ether oxygens (including phenoxy) is 2. The number of Topliss-reactive ketones (excluding diaryl/α,β-unsaturated/α-hetero) is 1. The van der Waals surface area contributed by atoms with Crippen molar-refractivity contribution in [2.45, 2.75) is 31.1 Å². The molecule has 1 saturated heterocycles. The van der Waals surface area contributed by atoms with E-state index in [0.717, 1.165) is 30.6 Å². The van der Waals surface area contributed by atoms with E-state index in [0.29, 0.717) is 23.6 Å². The number of hydrogen-bond donors (Lipinski definition) is 0. The van der Waals surface area contributed by atoms with Gasteiger partial charge in [0.15, 0.2) is 22.4 Å². The van der Waals surface area contributed by atoms with Crippen LogP contribution >= 0.6 is 11.8 Å². The zero-order valence-corrected chi connectivity index (χ0v) is 18.0. The maximum atomic E-state index is 12.8. The standard InChI is InChI=1S/C23H24N4O3S/c28-19(18-8-9-20-21(12-18)30-16-29-20)15-31-23-25-24-22(14-26-10-4-5-11-26)27(23)13-17-6-2-1-3-7-17/h1-3,6-9,12H,4-5,10-11,13-16H2. The normalized spacial score (nSPS) is 15.5. The summed E-state index contributed by atoms with van der Waals surface area (Å²) in [4.78, 5) is 15.2. The van der Waals surface area contributed by atoms with Gasteiger partial charge in [-0.3, -0.25) is 9.69 Å². The Bertz CT molecular complexity index is 1060. The van der Waals surface area contributed by atoms with Gasteiger partial charge in [-0.1, -0.05) is 42.1 Å². The minimum atomic E-state index is 0.0265. The lowest BCUT2D eigenvalue weighted by molar-refractivity contribution is 0.102. The molecule has 0 unspecified atom stereocenters. The molecule has 0 saturated carbocycles. The van der Waals surface area contributed by atoms with Gasteiger partial charge in [0, 0.05) is 5.56 Å². The van der Waals surface area contributed by atoms with Gasteiger partial charge >= 0.3 is 0 Å². The summed E-state index contributed by atoms with van der Waals surface area (Å²) in [6.07, 6.45) is 2.47. The van der Waals surface area contributed by atoms with Crippen molar-refractivity contribution in [3.05, 3.63) is 65.5 Å². The SMILES string of the molecule is O=C(CSc1nnc(CN2CCCC2)n1Cc1ccccc1)c1ccc2c(c1)OCO2. The number of benzene rings is 2. The van der Waals surface area contributed by atoms with E-state index < -0.39 is 0 Å². The Labute approximate surface area is 185 Å². The molecule has 0 aliphatic carbocycles. The summed E-state index contributed by atoms with van der Waals surface area (Å²) in [7, 11) is 0. The van der Waals surface area contributed by atoms with Gasteiger partial charge in [-0.2, -0.15) is 0 Å². The van der Waals surface area contributed by atoms with Crippen molar-refractivity contribution in [3.8, 4) is 11.5 Å². The van der Waals surface area contributed by atoms with Crippen molar-refractivity contribution in [1.82, 2.24) is 19.7 Å². The van der Waals surface area contributed by atoms with Crippen molar-refractivity contribution >= 4 is 17.5 Å². The van der Waals surface area contributed by atoms with E-state index in [9.17, 15) is 4.79 Å². The van der Waals surface area contributed by atoms with Gasteiger partial charge in [-0.25, -0.2) is 0 Å². The first kappa shape index (κ1) is 20.1. The Hall–Kier alpha value is -2.84. The molecular formula is C23H24N4O3S. The van der Waals surface area contributed by atoms with E-state index >= 15 is 0 Å². The molecule has 0 atom stereocenters. The molecule has 2 aliphatic heterocycles. The van der Waals surface area contributed by atoms with Crippen molar-refractivity contribution in [3.63, 3.8) is 0 Å². The first-order valence-electron chi connectivity index (χ1n) is 10.5. The van der Waals surface area contributed by atoms with E-state index in [1.54, 1.807) is 18.2 Å². The highest BCUT2D eigenvalue weighted by atomic mass is 32.2. The number of carbonyl (C=O) groups is 1. The number of ketones is 1. The van der Waals surface area contributed by atoms with Crippen LogP contribution in [0.15, 0.2) is 53.7 Å². The monoisotopic (exact) mass is 436 g/mol. The number of aromatic nitrogens is 3. The van der Waals surface area contributed by atoms with Crippen LogP contribution in [0.25, 0.3) is 0 Å². The number of hydrogen-bond acceptors (Lipinski definition) is 7. The van der Waals surface area contributed by atoms with Gasteiger partial charge in [0.05, 0.1) is 18.8 Å². The van der Waals surface area contributed by atoms with Crippen LogP contribution in [0.3, 0.4) is 0 Å². The number of likely N-dealkylation sites (tertiary alicyclic amines) is 1. The molecule has 2 aliphatic rings. The molecule has 5 rings (SSSR count). The van der Waals surface area contributed by atoms with Crippen LogP contribution in [0, 0.1) is 0 Å². The lowest BCUT2D eigenvalue weighted by atomic mass is 10.1. The maximum absolute atomic E-state index is 12.8. The van der Waals surface area contributed by atoms with Crippen LogP contribution in [0.2, 0.25) is 0 Å². The molecule has 7 nitrogen and oxygen atoms in total. The van der Waals surface area contributed by atoms with E-state index in [1.807, 2.05) is 18.2 Å². The molecule has 1 fully saturated rings. The fourth-order valence-electron chi connectivity index (χ4n) is 3.89. The summed E-state index contributed by atoms with van der Waals surface area (Å²) in [5.74, 6) is 2.56. The third kappa shape index (κ3) is 4.60. The van der Waals surface area contributed by atoms with Crippen molar-refractivity contribution < 1.29 is 14.3 Å². The Morgan fingerprint density at radius 2 is 1.77 bits per heavy atom. The zero-order valence-electron chi connectivity index (χ0n) is 17.2. The molecule has 0 amide bonds. The molecule has 0 N–H and O–H groups in total. The van der Waals surface area contributed by atoms with Crippen LogP contribution in [-0.4, -0.2) is 51.1 Å². The fraction of sp³-hybridized carbons (Fsp3) is 0.348. The number of thioether (sulfide) groups is 1. The van der Waals surface area contributed by atoms with Crippen LogP contribution in [-0.2, 0) is 13.1 Å². The van der Waals surface area contributed by atoms with E-state index in [-0.39, 0.29) is 18.3 Å². The van der Waals surface area contributed by atoms with Gasteiger partial charge in [0.25, 0.3) is 0 Å². The number of fused-ring (bicyclic) bond motifs is 1. The lowest BCUT2D eigenvalue weighted by Crippen LogP contribution is -2.21. The molecule has 3 aromatic rings. The summed E-state index contributed by atoms with van der Waals surface area (Å²) in [6, 6.07) is 15.6. The highest BCUT2D eigenvalue weighted by molar-refractivity contribution is 7.99. The highest BCUT2D eigenvalue weighted by Gasteiger charge is 2.20. The van der Waals surface area contributed by atoms with Gasteiger partial charge in [0.1, 0.15) is 5.82 Å². The molecule has 2 aromatic carbocycles. The average Bonchev–Trinajstić information content (AvgIpc) is 3.55. The first-order valence-corrected chi connectivity index (χ1v) is 11.5. The fourth-order valence-corrected chi connectivity index (χ4v) is 4.74.